The predicted octanol–water partition coefficient (Wildman–Crippen LogP) is 3.67. The van der Waals surface area contributed by atoms with Gasteiger partial charge in [-0.05, 0) is 36.8 Å². The van der Waals surface area contributed by atoms with Gasteiger partial charge in [-0.15, -0.1) is 6.58 Å². The molecule has 17 heavy (non-hydrogen) atoms. The van der Waals surface area contributed by atoms with Crippen molar-refractivity contribution in [1.29, 1.82) is 0 Å². The Morgan fingerprint density at radius 3 is 2.18 bits per heavy atom. The summed E-state index contributed by atoms with van der Waals surface area (Å²) in [4.78, 5) is 0. The van der Waals surface area contributed by atoms with Crippen LogP contribution < -0.4 is 11.3 Å². The molecule has 0 radical (unpaired) electrons. The van der Waals surface area contributed by atoms with E-state index in [4.69, 9.17) is 5.84 Å². The molecule has 3 N–H and O–H groups in total. The van der Waals surface area contributed by atoms with Crippen LogP contribution in [0.25, 0.3) is 0 Å². The number of hydrazine groups is 1. The van der Waals surface area contributed by atoms with Crippen LogP contribution in [0.3, 0.4) is 0 Å². The van der Waals surface area contributed by atoms with Gasteiger partial charge in [0.2, 0.25) is 0 Å². The van der Waals surface area contributed by atoms with Crippen molar-refractivity contribution >= 4 is 0 Å². The lowest BCUT2D eigenvalue weighted by atomic mass is 9.96. The van der Waals surface area contributed by atoms with E-state index >= 15 is 0 Å². The molecule has 1 atom stereocenters. The summed E-state index contributed by atoms with van der Waals surface area (Å²) in [5, 5.41) is 0. The molecule has 0 saturated carbocycles. The second-order valence-electron chi connectivity index (χ2n) is 5.04. The third kappa shape index (κ3) is 4.33. The molecule has 0 heterocycles. The Morgan fingerprint density at radius 2 is 1.76 bits per heavy atom. The Morgan fingerprint density at radius 1 is 1.24 bits per heavy atom. The van der Waals surface area contributed by atoms with E-state index in [2.05, 4.69) is 57.0 Å². The topological polar surface area (TPSA) is 38.0 Å². The number of allylic oxidation sites excluding steroid dienone is 1. The van der Waals surface area contributed by atoms with Crippen LogP contribution in [0.4, 0.5) is 0 Å². The average molecular weight is 232 g/mol. The molecule has 0 aliphatic rings. The zero-order chi connectivity index (χ0) is 12.8. The minimum atomic E-state index is 0.216. The van der Waals surface area contributed by atoms with Crippen LogP contribution >= 0.6 is 0 Å². The summed E-state index contributed by atoms with van der Waals surface area (Å²) in [6.07, 6.45) is 1.99. The van der Waals surface area contributed by atoms with E-state index in [0.29, 0.717) is 5.92 Å². The van der Waals surface area contributed by atoms with Crippen LogP contribution in [-0.4, -0.2) is 0 Å². The fourth-order valence-electron chi connectivity index (χ4n) is 1.85. The summed E-state index contributed by atoms with van der Waals surface area (Å²) in [6.45, 7) is 10.4. The molecular formula is C15H24N2. The minimum absolute atomic E-state index is 0.216. The van der Waals surface area contributed by atoms with Gasteiger partial charge in [0.25, 0.3) is 0 Å². The summed E-state index contributed by atoms with van der Waals surface area (Å²) in [7, 11) is 0. The van der Waals surface area contributed by atoms with Crippen LogP contribution in [0.1, 0.15) is 56.7 Å². The minimum Gasteiger partial charge on any atom is -0.271 e. The molecular weight excluding hydrogens is 208 g/mol. The van der Waals surface area contributed by atoms with E-state index in [9.17, 15) is 0 Å². The monoisotopic (exact) mass is 232 g/mol. The summed E-state index contributed by atoms with van der Waals surface area (Å²) in [6, 6.07) is 8.92. The van der Waals surface area contributed by atoms with Gasteiger partial charge in [0.1, 0.15) is 0 Å². The molecule has 1 rings (SSSR count). The van der Waals surface area contributed by atoms with Crippen molar-refractivity contribution in [2.45, 2.75) is 45.6 Å². The first-order valence-corrected chi connectivity index (χ1v) is 6.25. The summed E-state index contributed by atoms with van der Waals surface area (Å²) >= 11 is 0. The van der Waals surface area contributed by atoms with Gasteiger partial charge in [-0.3, -0.25) is 11.3 Å². The zero-order valence-corrected chi connectivity index (χ0v) is 11.2. The second kappa shape index (κ2) is 6.58. The molecule has 2 heteroatoms. The first kappa shape index (κ1) is 13.9. The standard InChI is InChI=1S/C15H24N2/c1-11(2)5-10-15(17-16)14-8-6-13(7-9-14)12(3)4/h6-9,12,15,17H,1,5,10,16H2,2-4H3. The molecule has 94 valence electrons. The van der Waals surface area contributed by atoms with E-state index in [1.165, 1.54) is 16.7 Å². The molecule has 1 aromatic carbocycles. The predicted molar refractivity (Wildman–Crippen MR) is 74.6 cm³/mol. The third-order valence-corrected chi connectivity index (χ3v) is 3.07. The summed E-state index contributed by atoms with van der Waals surface area (Å²) < 4.78 is 0. The molecule has 0 aliphatic carbocycles. The smallest absolute Gasteiger partial charge is 0.0463 e. The van der Waals surface area contributed by atoms with E-state index in [1.54, 1.807) is 0 Å². The quantitative estimate of drug-likeness (QED) is 0.446. The SMILES string of the molecule is C=C(C)CCC(NN)c1ccc(C(C)C)cc1. The Balaban J connectivity index is 2.71. The fourth-order valence-corrected chi connectivity index (χ4v) is 1.85. The lowest BCUT2D eigenvalue weighted by molar-refractivity contribution is 0.515. The van der Waals surface area contributed by atoms with Gasteiger partial charge < -0.3 is 0 Å². The van der Waals surface area contributed by atoms with Gasteiger partial charge in [0.05, 0.1) is 0 Å². The molecule has 2 nitrogen and oxygen atoms in total. The molecule has 0 spiro atoms. The van der Waals surface area contributed by atoms with Crippen molar-refractivity contribution in [3.05, 3.63) is 47.5 Å². The molecule has 0 amide bonds. The van der Waals surface area contributed by atoms with Gasteiger partial charge in [-0.2, -0.15) is 0 Å². The highest BCUT2D eigenvalue weighted by atomic mass is 15.2. The number of rotatable bonds is 6. The number of nitrogens with one attached hydrogen (secondary N) is 1. The largest absolute Gasteiger partial charge is 0.271 e. The maximum Gasteiger partial charge on any atom is 0.0463 e. The molecule has 0 fully saturated rings. The van der Waals surface area contributed by atoms with Crippen molar-refractivity contribution < 1.29 is 0 Å². The van der Waals surface area contributed by atoms with Gasteiger partial charge >= 0.3 is 0 Å². The molecule has 0 aromatic heterocycles. The van der Waals surface area contributed by atoms with Crippen molar-refractivity contribution in [2.75, 3.05) is 0 Å². The maximum atomic E-state index is 5.61. The van der Waals surface area contributed by atoms with Crippen molar-refractivity contribution in [1.82, 2.24) is 5.43 Å². The second-order valence-corrected chi connectivity index (χ2v) is 5.04. The van der Waals surface area contributed by atoms with Crippen LogP contribution in [0, 0.1) is 0 Å². The van der Waals surface area contributed by atoms with Gasteiger partial charge in [0, 0.05) is 6.04 Å². The molecule has 0 bridgehead atoms. The van der Waals surface area contributed by atoms with Crippen LogP contribution in [-0.2, 0) is 0 Å². The van der Waals surface area contributed by atoms with E-state index in [-0.39, 0.29) is 6.04 Å². The third-order valence-electron chi connectivity index (χ3n) is 3.07. The van der Waals surface area contributed by atoms with Crippen LogP contribution in [0.15, 0.2) is 36.4 Å². The van der Waals surface area contributed by atoms with E-state index in [0.717, 1.165) is 12.8 Å². The molecule has 1 unspecified atom stereocenters. The molecule has 1 aromatic rings. The zero-order valence-electron chi connectivity index (χ0n) is 11.2. The van der Waals surface area contributed by atoms with E-state index < -0.39 is 0 Å². The molecule has 0 saturated heterocycles. The highest BCUT2D eigenvalue weighted by Gasteiger charge is 2.09. The van der Waals surface area contributed by atoms with Crippen molar-refractivity contribution in [3.63, 3.8) is 0 Å². The van der Waals surface area contributed by atoms with Gasteiger partial charge in [0.15, 0.2) is 0 Å². The lowest BCUT2D eigenvalue weighted by Crippen LogP contribution is -2.28. The maximum absolute atomic E-state index is 5.61. The first-order chi connectivity index (χ1) is 8.04. The summed E-state index contributed by atoms with van der Waals surface area (Å²) in [5.74, 6) is 6.18. The van der Waals surface area contributed by atoms with Crippen molar-refractivity contribution in [2.24, 2.45) is 5.84 Å². The molecule has 0 aliphatic heterocycles. The normalized spacial score (nSPS) is 12.8. The number of nitrogens with two attached hydrogens (primary N) is 1. The number of hydrogen-bond acceptors (Lipinski definition) is 2. The average Bonchev–Trinajstić information content (AvgIpc) is 2.30. The Bertz CT molecular complexity index is 352. The first-order valence-electron chi connectivity index (χ1n) is 6.25. The highest BCUT2D eigenvalue weighted by molar-refractivity contribution is 5.26. The lowest BCUT2D eigenvalue weighted by Gasteiger charge is -2.17. The van der Waals surface area contributed by atoms with Gasteiger partial charge in [-0.1, -0.05) is 43.7 Å². The number of hydrogen-bond donors (Lipinski definition) is 2. The van der Waals surface area contributed by atoms with Gasteiger partial charge in [-0.25, -0.2) is 0 Å². The van der Waals surface area contributed by atoms with E-state index in [1.807, 2.05) is 0 Å². The van der Waals surface area contributed by atoms with Crippen molar-refractivity contribution in [3.8, 4) is 0 Å². The Kier molecular flexibility index (Phi) is 5.39. The Hall–Kier alpha value is -1.12. The van der Waals surface area contributed by atoms with Crippen LogP contribution in [0.5, 0.6) is 0 Å². The fraction of sp³-hybridized carbons (Fsp3) is 0.467. The summed E-state index contributed by atoms with van der Waals surface area (Å²) in [5.41, 5.74) is 6.69. The Labute approximate surface area is 105 Å². The van der Waals surface area contributed by atoms with Crippen LogP contribution in [0.2, 0.25) is 0 Å². The number of benzene rings is 1. The highest BCUT2D eigenvalue weighted by Crippen LogP contribution is 2.22.